The van der Waals surface area contributed by atoms with Gasteiger partial charge in [-0.3, -0.25) is 14.3 Å². The number of amides is 1. The van der Waals surface area contributed by atoms with Crippen molar-refractivity contribution in [2.45, 2.75) is 63.1 Å². The molecule has 2 aromatic heterocycles. The van der Waals surface area contributed by atoms with Gasteiger partial charge in [-0.25, -0.2) is 0 Å². The van der Waals surface area contributed by atoms with Crippen LogP contribution < -0.4 is 5.32 Å². The predicted octanol–water partition coefficient (Wildman–Crippen LogP) is 5.53. The molecule has 182 valence electrons. The summed E-state index contributed by atoms with van der Waals surface area (Å²) < 4.78 is 2.02. The van der Waals surface area contributed by atoms with Gasteiger partial charge in [0.15, 0.2) is 11.0 Å². The van der Waals surface area contributed by atoms with E-state index in [9.17, 15) is 4.79 Å². The highest BCUT2D eigenvalue weighted by atomic mass is 32.2. The topological polar surface area (TPSA) is 72.7 Å². The zero-order chi connectivity index (χ0) is 23.8. The van der Waals surface area contributed by atoms with Crippen LogP contribution in [0.15, 0.2) is 60.0 Å². The Balaban J connectivity index is 1.19. The number of para-hydroxylation sites is 1. The largest absolute Gasteiger partial charge is 0.352 e. The summed E-state index contributed by atoms with van der Waals surface area (Å²) in [6.07, 6.45) is 12.7. The van der Waals surface area contributed by atoms with Crippen molar-refractivity contribution in [3.63, 3.8) is 0 Å². The quantitative estimate of drug-likeness (QED) is 0.423. The number of nitrogens with zero attached hydrogens (tertiary/aromatic N) is 4. The maximum Gasteiger partial charge on any atom is 0.230 e. The molecule has 4 saturated carbocycles. The van der Waals surface area contributed by atoms with Gasteiger partial charge in [-0.15, -0.1) is 10.2 Å². The molecule has 0 radical (unpaired) electrons. The summed E-state index contributed by atoms with van der Waals surface area (Å²) in [4.78, 5) is 17.5. The number of carbonyl (C=O) groups is 1. The number of nitrogens with one attached hydrogen (secondary N) is 1. The summed E-state index contributed by atoms with van der Waals surface area (Å²) in [5.41, 5.74) is 2.19. The van der Waals surface area contributed by atoms with Crippen LogP contribution in [-0.4, -0.2) is 37.5 Å². The van der Waals surface area contributed by atoms with Gasteiger partial charge in [-0.2, -0.15) is 0 Å². The van der Waals surface area contributed by atoms with Crippen LogP contribution in [0.1, 0.15) is 51.9 Å². The van der Waals surface area contributed by atoms with E-state index in [2.05, 4.69) is 27.4 Å². The Labute approximate surface area is 211 Å². The van der Waals surface area contributed by atoms with E-state index < -0.39 is 0 Å². The van der Waals surface area contributed by atoms with E-state index in [1.54, 1.807) is 12.4 Å². The first-order valence-corrected chi connectivity index (χ1v) is 14.0. The summed E-state index contributed by atoms with van der Waals surface area (Å²) in [7, 11) is 0. The number of aromatic nitrogens is 4. The Morgan fingerprint density at radius 2 is 1.77 bits per heavy atom. The Hall–Kier alpha value is -2.67. The second-order valence-electron chi connectivity index (χ2n) is 10.8. The average Bonchev–Trinajstić information content (AvgIpc) is 3.30. The van der Waals surface area contributed by atoms with Crippen molar-refractivity contribution in [3.8, 4) is 17.1 Å². The Bertz CT molecular complexity index is 1140. The number of benzene rings is 1. The molecule has 1 amide bonds. The van der Waals surface area contributed by atoms with E-state index in [0.29, 0.717) is 16.3 Å². The summed E-state index contributed by atoms with van der Waals surface area (Å²) >= 11 is 1.45. The van der Waals surface area contributed by atoms with Crippen LogP contribution in [0, 0.1) is 23.2 Å². The third-order valence-corrected chi connectivity index (χ3v) is 9.40. The molecular weight excluding hydrogens is 454 g/mol. The smallest absolute Gasteiger partial charge is 0.230 e. The molecule has 1 atom stereocenters. The minimum Gasteiger partial charge on any atom is -0.352 e. The van der Waals surface area contributed by atoms with E-state index >= 15 is 0 Å². The number of carbonyl (C=O) groups excluding carboxylic acids is 1. The highest BCUT2D eigenvalue weighted by molar-refractivity contribution is 7.99. The first kappa shape index (κ1) is 22.8. The molecule has 0 saturated heterocycles. The van der Waals surface area contributed by atoms with Crippen molar-refractivity contribution in [1.29, 1.82) is 0 Å². The lowest BCUT2D eigenvalue weighted by atomic mass is 9.47. The normalized spacial score (nSPS) is 27.6. The van der Waals surface area contributed by atoms with Crippen LogP contribution in [0.5, 0.6) is 0 Å². The molecule has 4 fully saturated rings. The van der Waals surface area contributed by atoms with E-state index in [0.717, 1.165) is 41.2 Å². The lowest BCUT2D eigenvalue weighted by molar-refractivity contribution is -0.124. The Morgan fingerprint density at radius 1 is 1.06 bits per heavy atom. The van der Waals surface area contributed by atoms with Gasteiger partial charge in [0.25, 0.3) is 0 Å². The molecular formula is C28H33N5OS. The third kappa shape index (κ3) is 4.39. The van der Waals surface area contributed by atoms with Crippen LogP contribution in [-0.2, 0) is 4.79 Å². The SMILES string of the molecule is CC[C@H](NC(=O)CSc1nnc(-c2cccnc2)n1-c1ccccc1)C12CC3CC(CC(C3)C1)C2. The van der Waals surface area contributed by atoms with Gasteiger partial charge >= 0.3 is 0 Å². The Morgan fingerprint density at radius 3 is 2.40 bits per heavy atom. The average molecular weight is 488 g/mol. The number of rotatable bonds is 8. The fourth-order valence-electron chi connectivity index (χ4n) is 7.51. The fourth-order valence-corrected chi connectivity index (χ4v) is 8.28. The van der Waals surface area contributed by atoms with Gasteiger partial charge in [-0.1, -0.05) is 36.9 Å². The lowest BCUT2D eigenvalue weighted by Gasteiger charge is -2.59. The van der Waals surface area contributed by atoms with Crippen LogP contribution in [0.2, 0.25) is 0 Å². The first-order valence-electron chi connectivity index (χ1n) is 13.0. The predicted molar refractivity (Wildman–Crippen MR) is 138 cm³/mol. The molecule has 2 heterocycles. The third-order valence-electron chi connectivity index (χ3n) is 8.47. The van der Waals surface area contributed by atoms with Crippen LogP contribution in [0.3, 0.4) is 0 Å². The van der Waals surface area contributed by atoms with E-state index in [4.69, 9.17) is 0 Å². The summed E-state index contributed by atoms with van der Waals surface area (Å²) in [6, 6.07) is 14.2. The second-order valence-corrected chi connectivity index (χ2v) is 11.8. The zero-order valence-electron chi connectivity index (χ0n) is 20.3. The number of pyridine rings is 1. The molecule has 3 aromatic rings. The number of hydrogen-bond acceptors (Lipinski definition) is 5. The van der Waals surface area contributed by atoms with Crippen molar-refractivity contribution < 1.29 is 4.79 Å². The highest BCUT2D eigenvalue weighted by Crippen LogP contribution is 2.61. The first-order chi connectivity index (χ1) is 17.1. The molecule has 6 nitrogen and oxygen atoms in total. The van der Waals surface area contributed by atoms with Crippen molar-refractivity contribution in [2.24, 2.45) is 23.2 Å². The van der Waals surface area contributed by atoms with Crippen molar-refractivity contribution in [2.75, 3.05) is 5.75 Å². The maximum atomic E-state index is 13.2. The molecule has 4 bridgehead atoms. The summed E-state index contributed by atoms with van der Waals surface area (Å²) in [5.74, 6) is 3.82. The zero-order valence-corrected chi connectivity index (χ0v) is 21.1. The minimum atomic E-state index is 0.100. The van der Waals surface area contributed by atoms with Gasteiger partial charge in [-0.05, 0) is 92.4 Å². The van der Waals surface area contributed by atoms with Crippen LogP contribution >= 0.6 is 11.8 Å². The van der Waals surface area contributed by atoms with E-state index in [1.165, 1.54) is 50.3 Å². The molecule has 0 spiro atoms. The standard InChI is InChI=1S/C28H33N5OS/c1-2-24(28-14-19-11-20(15-28)13-21(12-19)16-28)30-25(34)18-35-27-32-31-26(22-7-6-10-29-17-22)33(27)23-8-4-3-5-9-23/h3-10,17,19-21,24H,2,11-16,18H2,1H3,(H,30,34)/t19?,20?,21?,24-,28?/m0/s1. The molecule has 0 aliphatic heterocycles. The molecule has 7 heteroatoms. The van der Waals surface area contributed by atoms with Crippen LogP contribution in [0.25, 0.3) is 17.1 Å². The van der Waals surface area contributed by atoms with E-state index in [-0.39, 0.29) is 11.9 Å². The Kier molecular flexibility index (Phi) is 6.13. The molecule has 4 aliphatic rings. The van der Waals surface area contributed by atoms with Gasteiger partial charge in [0.05, 0.1) is 5.75 Å². The van der Waals surface area contributed by atoms with E-state index in [1.807, 2.05) is 47.0 Å². The minimum absolute atomic E-state index is 0.100. The highest BCUT2D eigenvalue weighted by Gasteiger charge is 2.54. The summed E-state index contributed by atoms with van der Waals surface area (Å²) in [6.45, 7) is 2.24. The van der Waals surface area contributed by atoms with Crippen molar-refractivity contribution in [1.82, 2.24) is 25.1 Å². The van der Waals surface area contributed by atoms with Gasteiger partial charge < -0.3 is 5.32 Å². The lowest BCUT2D eigenvalue weighted by Crippen LogP contribution is -2.57. The number of thioether (sulfide) groups is 1. The monoisotopic (exact) mass is 487 g/mol. The molecule has 35 heavy (non-hydrogen) atoms. The fraction of sp³-hybridized carbons (Fsp3) is 0.500. The van der Waals surface area contributed by atoms with Gasteiger partial charge in [0.2, 0.25) is 5.91 Å². The number of hydrogen-bond donors (Lipinski definition) is 1. The van der Waals surface area contributed by atoms with Crippen LogP contribution in [0.4, 0.5) is 0 Å². The van der Waals surface area contributed by atoms with Crippen molar-refractivity contribution >= 4 is 17.7 Å². The molecule has 4 aliphatic carbocycles. The molecule has 0 unspecified atom stereocenters. The van der Waals surface area contributed by atoms with Crippen molar-refractivity contribution in [3.05, 3.63) is 54.9 Å². The second kappa shape index (κ2) is 9.41. The summed E-state index contributed by atoms with van der Waals surface area (Å²) in [5, 5.41) is 13.1. The van der Waals surface area contributed by atoms with Gasteiger partial charge in [0.1, 0.15) is 0 Å². The molecule has 1 N–H and O–H groups in total. The molecule has 1 aromatic carbocycles. The van der Waals surface area contributed by atoms with Gasteiger partial charge in [0, 0.05) is 29.7 Å². The molecule has 7 rings (SSSR count). The maximum absolute atomic E-state index is 13.2.